The number of nitrogens with zero attached hydrogens (tertiary/aromatic N) is 2. The van der Waals surface area contributed by atoms with Crippen molar-refractivity contribution in [1.29, 1.82) is 0 Å². The number of rotatable bonds is 1. The van der Waals surface area contributed by atoms with Gasteiger partial charge in [0.25, 0.3) is 0 Å². The summed E-state index contributed by atoms with van der Waals surface area (Å²) >= 11 is 1.21. The van der Waals surface area contributed by atoms with E-state index in [4.69, 9.17) is 0 Å². The number of carbonyl (C=O) groups is 1. The molecular formula is C19H20F3N3OS. The van der Waals surface area contributed by atoms with Crippen LogP contribution < -0.4 is 15.1 Å². The van der Waals surface area contributed by atoms with Gasteiger partial charge >= 0.3 is 12.2 Å². The largest absolute Gasteiger partial charge is 0.458 e. The van der Waals surface area contributed by atoms with E-state index >= 15 is 0 Å². The maximum Gasteiger partial charge on any atom is 0.458 e. The highest BCUT2D eigenvalue weighted by Crippen LogP contribution is 2.37. The second-order valence-corrected chi connectivity index (χ2v) is 8.59. The molecule has 4 aliphatic heterocycles. The van der Waals surface area contributed by atoms with E-state index in [0.717, 1.165) is 29.3 Å². The highest BCUT2D eigenvalue weighted by atomic mass is 32.1. The summed E-state index contributed by atoms with van der Waals surface area (Å²) in [5, 5.41) is 3.89. The maximum absolute atomic E-state index is 12.8. The Balaban J connectivity index is 1.50. The number of hydrogen-bond donors (Lipinski definition) is 1. The number of amides is 2. The summed E-state index contributed by atoms with van der Waals surface area (Å²) in [6.45, 7) is 4.48. The standard InChI is InChI=1S/C19H20F3N3OS/c1-18(11-13-3-8-25(18)9-4-13)23-17(26)24-7-5-16-14(12-24)10-15(27-16)2-6-19(20,21)22/h5,10,12-13H,3-4,7-9,11H2,1H3,(H,23,26)/t18-/m0/s1. The van der Waals surface area contributed by atoms with Crippen LogP contribution in [0.15, 0.2) is 6.07 Å². The molecule has 1 aromatic heterocycles. The smallest absolute Gasteiger partial charge is 0.320 e. The Kier molecular flexibility index (Phi) is 4.47. The van der Waals surface area contributed by atoms with Crippen LogP contribution in [-0.4, -0.2) is 47.3 Å². The highest BCUT2D eigenvalue weighted by Gasteiger charge is 2.43. The van der Waals surface area contributed by atoms with E-state index in [-0.39, 0.29) is 11.7 Å². The van der Waals surface area contributed by atoms with Crippen molar-refractivity contribution in [3.05, 3.63) is 20.7 Å². The fourth-order valence-corrected chi connectivity index (χ4v) is 5.08. The van der Waals surface area contributed by atoms with E-state index < -0.39 is 6.18 Å². The topological polar surface area (TPSA) is 35.6 Å². The SMILES string of the molecule is C[C@@]1(NC(=O)N2C=c3cc(C#CC(F)(F)F)sc3=CC2)CC2CCN1CC2. The van der Waals surface area contributed by atoms with Crippen LogP contribution in [0.1, 0.15) is 31.1 Å². The molecule has 5 rings (SSSR count). The molecule has 3 saturated heterocycles. The molecule has 0 saturated carbocycles. The third-order valence-electron chi connectivity index (χ3n) is 5.52. The Morgan fingerprint density at radius 2 is 2.11 bits per heavy atom. The van der Waals surface area contributed by atoms with Crippen molar-refractivity contribution in [2.24, 2.45) is 5.92 Å². The summed E-state index contributed by atoms with van der Waals surface area (Å²) in [5.41, 5.74) is -0.329. The number of urea groups is 1. The molecule has 144 valence electrons. The minimum Gasteiger partial charge on any atom is -0.320 e. The zero-order valence-corrected chi connectivity index (χ0v) is 15.7. The first-order valence-corrected chi connectivity index (χ1v) is 9.79. The van der Waals surface area contributed by atoms with Gasteiger partial charge in [-0.15, -0.1) is 11.3 Å². The number of alkyl halides is 3. The Hall–Kier alpha value is -1.98. The molecule has 2 amide bonds. The summed E-state index contributed by atoms with van der Waals surface area (Å²) in [5.74, 6) is 4.11. The van der Waals surface area contributed by atoms with Crippen LogP contribution in [0.25, 0.3) is 12.3 Å². The first-order valence-electron chi connectivity index (χ1n) is 8.97. The van der Waals surface area contributed by atoms with Crippen molar-refractivity contribution in [1.82, 2.24) is 15.1 Å². The molecule has 1 aromatic rings. The molecule has 0 radical (unpaired) electrons. The predicted molar refractivity (Wildman–Crippen MR) is 98.0 cm³/mol. The highest BCUT2D eigenvalue weighted by molar-refractivity contribution is 7.10. The summed E-state index contributed by atoms with van der Waals surface area (Å²) in [6.07, 6.45) is 2.38. The Bertz CT molecular complexity index is 934. The Morgan fingerprint density at radius 1 is 1.37 bits per heavy atom. The zero-order valence-electron chi connectivity index (χ0n) is 14.9. The third kappa shape index (κ3) is 3.85. The number of thiophene rings is 1. The van der Waals surface area contributed by atoms with Crippen molar-refractivity contribution in [2.45, 2.75) is 38.0 Å². The lowest BCUT2D eigenvalue weighted by atomic mass is 9.80. The van der Waals surface area contributed by atoms with E-state index in [1.54, 1.807) is 17.2 Å². The molecule has 8 heteroatoms. The molecule has 3 fully saturated rings. The molecule has 1 atom stereocenters. The van der Waals surface area contributed by atoms with Gasteiger partial charge in [0.2, 0.25) is 0 Å². The molecule has 4 aliphatic rings. The summed E-state index contributed by atoms with van der Waals surface area (Å²) < 4.78 is 37.6. The zero-order chi connectivity index (χ0) is 19.2. The van der Waals surface area contributed by atoms with E-state index in [0.29, 0.717) is 17.3 Å². The van der Waals surface area contributed by atoms with Crippen LogP contribution >= 0.6 is 11.3 Å². The van der Waals surface area contributed by atoms with Gasteiger partial charge in [-0.25, -0.2) is 4.79 Å². The molecule has 0 spiro atoms. The van der Waals surface area contributed by atoms with Gasteiger partial charge in [-0.1, -0.05) is 0 Å². The summed E-state index contributed by atoms with van der Waals surface area (Å²) in [6, 6.07) is 1.42. The van der Waals surface area contributed by atoms with Crippen LogP contribution in [0.5, 0.6) is 0 Å². The molecule has 0 aliphatic carbocycles. The van der Waals surface area contributed by atoms with Crippen LogP contribution in [0.3, 0.4) is 0 Å². The normalized spacial score (nSPS) is 29.1. The van der Waals surface area contributed by atoms with Crippen molar-refractivity contribution in [3.63, 3.8) is 0 Å². The third-order valence-corrected chi connectivity index (χ3v) is 6.58. The van der Waals surface area contributed by atoms with Crippen LogP contribution in [0.2, 0.25) is 0 Å². The van der Waals surface area contributed by atoms with E-state index in [1.807, 2.05) is 6.08 Å². The molecule has 4 nitrogen and oxygen atoms in total. The molecule has 1 N–H and O–H groups in total. The van der Waals surface area contributed by atoms with Crippen molar-refractivity contribution < 1.29 is 18.0 Å². The van der Waals surface area contributed by atoms with E-state index in [1.165, 1.54) is 30.1 Å². The van der Waals surface area contributed by atoms with Gasteiger partial charge in [0.05, 0.1) is 10.5 Å². The predicted octanol–water partition coefficient (Wildman–Crippen LogP) is 2.04. The van der Waals surface area contributed by atoms with Gasteiger partial charge in [-0.3, -0.25) is 9.80 Å². The number of fused-ring (bicyclic) bond motifs is 4. The average Bonchev–Trinajstić information content (AvgIpc) is 3.02. The lowest BCUT2D eigenvalue weighted by Gasteiger charge is -2.53. The first kappa shape index (κ1) is 18.4. The summed E-state index contributed by atoms with van der Waals surface area (Å²) in [4.78, 5) is 17.0. The van der Waals surface area contributed by atoms with E-state index in [9.17, 15) is 18.0 Å². The number of carbonyl (C=O) groups excluding carboxylic acids is 1. The van der Waals surface area contributed by atoms with Gasteiger partial charge in [0, 0.05) is 41.5 Å². The second-order valence-electron chi connectivity index (χ2n) is 7.50. The molecule has 2 bridgehead atoms. The lowest BCUT2D eigenvalue weighted by molar-refractivity contribution is -0.0696. The first-order chi connectivity index (χ1) is 12.7. The minimum atomic E-state index is -4.51. The molecule has 27 heavy (non-hydrogen) atoms. The molecule has 5 heterocycles. The van der Waals surface area contributed by atoms with Gasteiger partial charge in [0.1, 0.15) is 0 Å². The van der Waals surface area contributed by atoms with Gasteiger partial charge < -0.3 is 5.32 Å². The van der Waals surface area contributed by atoms with Crippen molar-refractivity contribution in [3.8, 4) is 11.8 Å². The summed E-state index contributed by atoms with van der Waals surface area (Å²) in [7, 11) is 0. The molecular weight excluding hydrogens is 375 g/mol. The average molecular weight is 395 g/mol. The number of piperidine rings is 3. The maximum atomic E-state index is 12.8. The van der Waals surface area contributed by atoms with Crippen molar-refractivity contribution >= 4 is 29.6 Å². The van der Waals surface area contributed by atoms with Gasteiger partial charge in [0.15, 0.2) is 0 Å². The van der Waals surface area contributed by atoms with E-state index in [2.05, 4.69) is 23.1 Å². The lowest BCUT2D eigenvalue weighted by Crippen LogP contribution is -2.66. The van der Waals surface area contributed by atoms with Gasteiger partial charge in [-0.2, -0.15) is 13.2 Å². The Morgan fingerprint density at radius 3 is 2.74 bits per heavy atom. The second kappa shape index (κ2) is 6.57. The molecule has 0 aromatic carbocycles. The van der Waals surface area contributed by atoms with Crippen molar-refractivity contribution in [2.75, 3.05) is 19.6 Å². The number of nitrogens with one attached hydrogen (secondary N) is 1. The van der Waals surface area contributed by atoms with Crippen LogP contribution in [-0.2, 0) is 0 Å². The fourth-order valence-electron chi connectivity index (χ4n) is 4.17. The van der Waals surface area contributed by atoms with Crippen LogP contribution in [0, 0.1) is 17.8 Å². The number of halogens is 3. The van der Waals surface area contributed by atoms with Crippen LogP contribution in [0.4, 0.5) is 18.0 Å². The monoisotopic (exact) mass is 395 g/mol. The number of hydrogen-bond acceptors (Lipinski definition) is 3. The molecule has 0 unspecified atom stereocenters. The quantitative estimate of drug-likeness (QED) is 0.739. The minimum absolute atomic E-state index is 0.180. The Labute approximate surface area is 159 Å². The fraction of sp³-hybridized carbons (Fsp3) is 0.526. The van der Waals surface area contributed by atoms with Gasteiger partial charge in [-0.05, 0) is 50.2 Å².